The summed E-state index contributed by atoms with van der Waals surface area (Å²) in [6, 6.07) is 21.9. The molecule has 0 saturated carbocycles. The lowest BCUT2D eigenvalue weighted by molar-refractivity contribution is 0.0379. The van der Waals surface area contributed by atoms with Crippen molar-refractivity contribution < 1.29 is 9.84 Å². The summed E-state index contributed by atoms with van der Waals surface area (Å²) in [5, 5.41) is 13.5. The molecule has 2 aliphatic rings. The average Bonchev–Trinajstić information content (AvgIpc) is 2.94. The van der Waals surface area contributed by atoms with Crippen molar-refractivity contribution in [2.75, 3.05) is 36.5 Å². The number of benzene rings is 2. The molecule has 9 heteroatoms. The second kappa shape index (κ2) is 10.9. The van der Waals surface area contributed by atoms with Crippen LogP contribution < -0.4 is 15.8 Å². The number of nitrogens with one attached hydrogen (secondary N) is 2. The molecule has 0 aliphatic carbocycles. The lowest BCUT2D eigenvalue weighted by Crippen LogP contribution is -2.39. The zero-order valence-electron chi connectivity index (χ0n) is 20.9. The number of aromatic nitrogens is 2. The van der Waals surface area contributed by atoms with Crippen LogP contribution in [-0.4, -0.2) is 41.4 Å². The summed E-state index contributed by atoms with van der Waals surface area (Å²) in [6.07, 6.45) is 1.61. The normalized spacial score (nSPS) is 17.4. The summed E-state index contributed by atoms with van der Waals surface area (Å²) >= 11 is 3.52. The van der Waals surface area contributed by atoms with Crippen molar-refractivity contribution in [3.8, 4) is 0 Å². The number of hydrogen-bond donors (Lipinski definition) is 3. The van der Waals surface area contributed by atoms with E-state index in [2.05, 4.69) is 56.6 Å². The lowest BCUT2D eigenvalue weighted by Gasteiger charge is -2.36. The number of aliphatic hydroxyl groups is 1. The zero-order valence-corrected chi connectivity index (χ0v) is 22.5. The van der Waals surface area contributed by atoms with Gasteiger partial charge in [-0.05, 0) is 55.0 Å². The van der Waals surface area contributed by atoms with Crippen molar-refractivity contribution in [3.63, 3.8) is 0 Å². The van der Waals surface area contributed by atoms with Gasteiger partial charge in [0.15, 0.2) is 0 Å². The Hall–Kier alpha value is -3.24. The predicted octanol–water partition coefficient (Wildman–Crippen LogP) is 5.42. The van der Waals surface area contributed by atoms with Crippen LogP contribution >= 0.6 is 23.5 Å². The number of aryl methyl sites for hydroxylation is 1. The van der Waals surface area contributed by atoms with Crippen LogP contribution in [0.3, 0.4) is 0 Å². The molecule has 4 aromatic rings. The van der Waals surface area contributed by atoms with Crippen LogP contribution in [0.5, 0.6) is 0 Å². The van der Waals surface area contributed by atoms with Gasteiger partial charge < -0.3 is 25.0 Å². The van der Waals surface area contributed by atoms with Gasteiger partial charge in [-0.3, -0.25) is 9.78 Å². The molecule has 0 spiro atoms. The van der Waals surface area contributed by atoms with E-state index in [1.54, 1.807) is 35.8 Å². The molecular formula is C29H28N4O3S2. The molecule has 6 rings (SSSR count). The third-order valence-corrected chi connectivity index (χ3v) is 9.32. The molecule has 1 saturated heterocycles. The summed E-state index contributed by atoms with van der Waals surface area (Å²) in [5.74, 6) is 0. The number of nitrogens with zero attached hydrogens (tertiary/aromatic N) is 2. The first-order valence-electron chi connectivity index (χ1n) is 12.6. The minimum absolute atomic E-state index is 0.0442. The number of fused-ring (bicyclic) bond motifs is 2. The second-order valence-corrected chi connectivity index (χ2v) is 11.5. The van der Waals surface area contributed by atoms with E-state index in [9.17, 15) is 9.90 Å². The Morgan fingerprint density at radius 3 is 2.84 bits per heavy atom. The number of ether oxygens (including phenoxy) is 1. The Bertz CT molecular complexity index is 1530. The third-order valence-electron chi connectivity index (χ3n) is 6.71. The molecule has 0 amide bonds. The Labute approximate surface area is 229 Å². The molecule has 0 radical (unpaired) electrons. The number of anilines is 2. The molecule has 7 nitrogen and oxygen atoms in total. The van der Waals surface area contributed by atoms with Gasteiger partial charge in [0.1, 0.15) is 6.10 Å². The van der Waals surface area contributed by atoms with Crippen molar-refractivity contribution in [2.45, 2.75) is 38.7 Å². The smallest absolute Gasteiger partial charge is 0.249 e. The molecule has 2 unspecified atom stereocenters. The van der Waals surface area contributed by atoms with E-state index in [4.69, 9.17) is 4.74 Å². The number of rotatable bonds is 6. The van der Waals surface area contributed by atoms with E-state index >= 15 is 0 Å². The summed E-state index contributed by atoms with van der Waals surface area (Å²) < 4.78 is 6.24. The Morgan fingerprint density at radius 1 is 1.11 bits per heavy atom. The van der Waals surface area contributed by atoms with Crippen molar-refractivity contribution in [3.05, 3.63) is 100 Å². The monoisotopic (exact) mass is 544 g/mol. The average molecular weight is 545 g/mol. The number of morpholine rings is 1. The van der Waals surface area contributed by atoms with Gasteiger partial charge in [-0.2, -0.15) is 0 Å². The number of H-pyrrole nitrogens is 1. The van der Waals surface area contributed by atoms with Crippen LogP contribution in [0.15, 0.2) is 97.3 Å². The molecule has 38 heavy (non-hydrogen) atoms. The van der Waals surface area contributed by atoms with Crippen LogP contribution in [0.1, 0.15) is 29.1 Å². The fourth-order valence-electron chi connectivity index (χ4n) is 4.84. The van der Waals surface area contributed by atoms with Crippen LogP contribution in [0, 0.1) is 6.92 Å². The largest absolute Gasteiger partial charge is 0.394 e. The minimum atomic E-state index is -0.278. The summed E-state index contributed by atoms with van der Waals surface area (Å²) in [6.45, 7) is 3.96. The van der Waals surface area contributed by atoms with Crippen LogP contribution in [0.25, 0.3) is 0 Å². The van der Waals surface area contributed by atoms with Gasteiger partial charge >= 0.3 is 0 Å². The highest BCUT2D eigenvalue weighted by molar-refractivity contribution is 8.05. The van der Waals surface area contributed by atoms with Gasteiger partial charge in [0.25, 0.3) is 0 Å². The van der Waals surface area contributed by atoms with E-state index in [0.29, 0.717) is 13.2 Å². The van der Waals surface area contributed by atoms with E-state index < -0.39 is 0 Å². The maximum atomic E-state index is 11.8. The Morgan fingerprint density at radius 2 is 2.00 bits per heavy atom. The van der Waals surface area contributed by atoms with Crippen LogP contribution in [0.2, 0.25) is 0 Å². The Kier molecular flexibility index (Phi) is 7.16. The van der Waals surface area contributed by atoms with Gasteiger partial charge in [-0.15, -0.1) is 0 Å². The van der Waals surface area contributed by atoms with Gasteiger partial charge in [0, 0.05) is 62.0 Å². The number of aliphatic hydroxyl groups excluding tert-OH is 1. The first kappa shape index (κ1) is 25.1. The molecule has 194 valence electrons. The molecule has 4 heterocycles. The first-order chi connectivity index (χ1) is 18.6. The molecule has 2 aliphatic heterocycles. The molecule has 1 fully saturated rings. The predicted molar refractivity (Wildman–Crippen MR) is 152 cm³/mol. The molecule has 3 N–H and O–H groups in total. The highest BCUT2D eigenvalue weighted by Crippen LogP contribution is 2.52. The van der Waals surface area contributed by atoms with Crippen molar-refractivity contribution in [2.24, 2.45) is 0 Å². The van der Waals surface area contributed by atoms with E-state index in [1.165, 1.54) is 25.1 Å². The number of hydrogen-bond acceptors (Lipinski definition) is 8. The maximum Gasteiger partial charge on any atom is 0.249 e. The summed E-state index contributed by atoms with van der Waals surface area (Å²) in [5.41, 5.74) is 4.69. The van der Waals surface area contributed by atoms with Crippen molar-refractivity contribution in [1.29, 1.82) is 0 Å². The molecule has 2 aromatic carbocycles. The van der Waals surface area contributed by atoms with Crippen molar-refractivity contribution in [1.82, 2.24) is 9.97 Å². The molecule has 0 bridgehead atoms. The van der Waals surface area contributed by atoms with Gasteiger partial charge in [-0.1, -0.05) is 41.7 Å². The number of pyridine rings is 2. The molecular weight excluding hydrogens is 516 g/mol. The SMILES string of the molecule is Cc1cccc(C(CO)Nc2ccc3c(c2)Sc2cccc(C4CN(c5cc[nH]c(=O)c5)CCO4)c2S3)n1. The standard InChI is InChI=1S/C29H28N4O3S2/c1-18-4-2-6-22(31-18)23(17-34)32-19-8-9-25-27(14-19)37-26-7-3-5-21(29(26)38-25)24-16-33(12-13-36-24)20-10-11-30-28(35)15-20/h2-11,14-15,23-24,32,34H,12-13,16-17H2,1H3,(H,30,35). The summed E-state index contributed by atoms with van der Waals surface area (Å²) in [7, 11) is 0. The van der Waals surface area contributed by atoms with E-state index in [1.807, 2.05) is 31.2 Å². The zero-order chi connectivity index (χ0) is 26.1. The van der Waals surface area contributed by atoms with E-state index in [0.717, 1.165) is 29.3 Å². The van der Waals surface area contributed by atoms with Crippen molar-refractivity contribution >= 4 is 34.9 Å². The van der Waals surface area contributed by atoms with Crippen LogP contribution in [0.4, 0.5) is 11.4 Å². The van der Waals surface area contributed by atoms with Gasteiger partial charge in [0.2, 0.25) is 5.56 Å². The summed E-state index contributed by atoms with van der Waals surface area (Å²) in [4.78, 5) is 26.1. The Balaban J connectivity index is 1.22. The highest BCUT2D eigenvalue weighted by atomic mass is 32.2. The molecule has 2 atom stereocenters. The highest BCUT2D eigenvalue weighted by Gasteiger charge is 2.28. The second-order valence-electron chi connectivity index (χ2n) is 9.34. The van der Waals surface area contributed by atoms with Crippen LogP contribution in [-0.2, 0) is 4.74 Å². The van der Waals surface area contributed by atoms with Gasteiger partial charge in [0.05, 0.1) is 24.9 Å². The molecule has 2 aromatic heterocycles. The lowest BCUT2D eigenvalue weighted by atomic mass is 10.1. The fraction of sp³-hybridized carbons (Fsp3) is 0.241. The quantitative estimate of drug-likeness (QED) is 0.261. The third kappa shape index (κ3) is 5.19. The minimum Gasteiger partial charge on any atom is -0.394 e. The maximum absolute atomic E-state index is 11.8. The van der Waals surface area contributed by atoms with E-state index in [-0.39, 0.29) is 24.3 Å². The first-order valence-corrected chi connectivity index (χ1v) is 14.2. The van der Waals surface area contributed by atoms with Gasteiger partial charge in [-0.25, -0.2) is 0 Å². The number of aromatic amines is 1. The fourth-order valence-corrected chi connectivity index (χ4v) is 7.29. The topological polar surface area (TPSA) is 90.5 Å².